The summed E-state index contributed by atoms with van der Waals surface area (Å²) in [7, 11) is 0. The van der Waals surface area contributed by atoms with Crippen LogP contribution in [0.15, 0.2) is 38.0 Å². The molecule has 1 unspecified atom stereocenters. The summed E-state index contributed by atoms with van der Waals surface area (Å²) in [5.41, 5.74) is -1.12. The highest BCUT2D eigenvalue weighted by Gasteiger charge is 2.40. The Balaban J connectivity index is 5.31. The van der Waals surface area contributed by atoms with E-state index in [1.807, 2.05) is 0 Å². The van der Waals surface area contributed by atoms with Crippen molar-refractivity contribution >= 4 is 17.9 Å². The Morgan fingerprint density at radius 3 is 1.43 bits per heavy atom. The van der Waals surface area contributed by atoms with Crippen LogP contribution in [0.4, 0.5) is 0 Å². The maximum Gasteiger partial charge on any atom is 0.330 e. The molecule has 0 spiro atoms. The fourth-order valence-electron chi connectivity index (χ4n) is 1.57. The number of aliphatic hydroxyl groups excluding tert-OH is 1. The normalized spacial score (nSPS) is 11.7. The summed E-state index contributed by atoms with van der Waals surface area (Å²) >= 11 is 0. The molecule has 0 aromatic carbocycles. The molecule has 128 valence electrons. The van der Waals surface area contributed by atoms with E-state index in [9.17, 15) is 19.5 Å². The first-order chi connectivity index (χ1) is 10.8. The lowest BCUT2D eigenvalue weighted by Crippen LogP contribution is -2.45. The first-order valence-electron chi connectivity index (χ1n) is 6.83. The molecule has 7 nitrogen and oxygen atoms in total. The Kier molecular flexibility index (Phi) is 9.26. The Labute approximate surface area is 135 Å². The van der Waals surface area contributed by atoms with Crippen molar-refractivity contribution in [2.24, 2.45) is 11.3 Å². The third kappa shape index (κ3) is 6.92. The van der Waals surface area contributed by atoms with Gasteiger partial charge >= 0.3 is 17.9 Å². The fourth-order valence-corrected chi connectivity index (χ4v) is 1.57. The zero-order valence-corrected chi connectivity index (χ0v) is 13.2. The maximum atomic E-state index is 11.3. The van der Waals surface area contributed by atoms with Gasteiger partial charge in [0.1, 0.15) is 19.8 Å². The van der Waals surface area contributed by atoms with E-state index < -0.39 is 29.2 Å². The number of rotatable bonds is 11. The molecular weight excluding hydrogens is 304 g/mol. The van der Waals surface area contributed by atoms with Crippen molar-refractivity contribution in [3.8, 4) is 0 Å². The molecule has 0 radical (unpaired) electrons. The van der Waals surface area contributed by atoms with E-state index in [1.165, 1.54) is 0 Å². The lowest BCUT2D eigenvalue weighted by Gasteiger charge is -2.36. The van der Waals surface area contributed by atoms with Crippen LogP contribution in [0.1, 0.15) is 6.92 Å². The summed E-state index contributed by atoms with van der Waals surface area (Å²) in [6, 6.07) is 0. The van der Waals surface area contributed by atoms with Gasteiger partial charge in [0, 0.05) is 24.8 Å². The number of aliphatic hydroxyl groups is 1. The van der Waals surface area contributed by atoms with Crippen LogP contribution in [-0.2, 0) is 28.6 Å². The lowest BCUT2D eigenvalue weighted by molar-refractivity contribution is -0.161. The van der Waals surface area contributed by atoms with Gasteiger partial charge in [-0.25, -0.2) is 14.4 Å². The first-order valence-corrected chi connectivity index (χ1v) is 6.83. The molecule has 0 rings (SSSR count). The van der Waals surface area contributed by atoms with Crippen LogP contribution in [0.2, 0.25) is 0 Å². The second-order valence-corrected chi connectivity index (χ2v) is 4.88. The standard InChI is InChI=1S/C16H22O7/c1-5-13(18)21-9-16(12(4)8-17,10-22-14(19)6-2)11-23-15(20)7-3/h5-7,12,17H,1-3,8-11H2,4H3. The number of hydrogen-bond donors (Lipinski definition) is 1. The van der Waals surface area contributed by atoms with Crippen molar-refractivity contribution in [3.63, 3.8) is 0 Å². The number of ether oxygens (including phenoxy) is 3. The molecule has 0 aromatic heterocycles. The molecule has 0 bridgehead atoms. The molecule has 1 atom stereocenters. The third-order valence-corrected chi connectivity index (χ3v) is 3.32. The Morgan fingerprint density at radius 2 is 1.22 bits per heavy atom. The van der Waals surface area contributed by atoms with E-state index in [2.05, 4.69) is 19.7 Å². The zero-order chi connectivity index (χ0) is 17.9. The van der Waals surface area contributed by atoms with Gasteiger partial charge in [0.15, 0.2) is 0 Å². The van der Waals surface area contributed by atoms with Gasteiger partial charge in [-0.3, -0.25) is 0 Å². The summed E-state index contributed by atoms with van der Waals surface area (Å²) in [6.07, 6.45) is 2.92. The fraction of sp³-hybridized carbons (Fsp3) is 0.438. The molecule has 0 aliphatic carbocycles. The van der Waals surface area contributed by atoms with Crippen molar-refractivity contribution in [2.75, 3.05) is 26.4 Å². The van der Waals surface area contributed by atoms with Crippen LogP contribution < -0.4 is 0 Å². The lowest BCUT2D eigenvalue weighted by atomic mass is 9.78. The van der Waals surface area contributed by atoms with Crippen molar-refractivity contribution in [1.82, 2.24) is 0 Å². The van der Waals surface area contributed by atoms with Crippen LogP contribution in [0.25, 0.3) is 0 Å². The SMILES string of the molecule is C=CC(=O)OCC(COC(=O)C=C)(COC(=O)C=C)C(C)CO. The highest BCUT2D eigenvalue weighted by atomic mass is 16.6. The van der Waals surface area contributed by atoms with Gasteiger partial charge in [0.25, 0.3) is 0 Å². The van der Waals surface area contributed by atoms with Gasteiger partial charge in [-0.05, 0) is 5.92 Å². The molecule has 0 saturated heterocycles. The van der Waals surface area contributed by atoms with E-state index in [-0.39, 0.29) is 26.4 Å². The molecule has 0 aliphatic heterocycles. The summed E-state index contributed by atoms with van der Waals surface area (Å²) in [4.78, 5) is 33.9. The van der Waals surface area contributed by atoms with Crippen LogP contribution in [-0.4, -0.2) is 49.4 Å². The quantitative estimate of drug-likeness (QED) is 0.340. The number of hydrogen-bond acceptors (Lipinski definition) is 7. The molecule has 0 aromatic rings. The molecular formula is C16H22O7. The van der Waals surface area contributed by atoms with E-state index in [4.69, 9.17) is 14.2 Å². The van der Waals surface area contributed by atoms with Crippen LogP contribution in [0.3, 0.4) is 0 Å². The van der Waals surface area contributed by atoms with Gasteiger partial charge < -0.3 is 19.3 Å². The Bertz CT molecular complexity index is 407. The summed E-state index contributed by atoms with van der Waals surface area (Å²) in [5, 5.41) is 9.46. The van der Waals surface area contributed by atoms with E-state index in [1.54, 1.807) is 6.92 Å². The van der Waals surface area contributed by atoms with Gasteiger partial charge in [-0.1, -0.05) is 26.7 Å². The van der Waals surface area contributed by atoms with Gasteiger partial charge in [-0.2, -0.15) is 0 Å². The molecule has 0 saturated carbocycles. The third-order valence-electron chi connectivity index (χ3n) is 3.32. The smallest absolute Gasteiger partial charge is 0.330 e. The van der Waals surface area contributed by atoms with E-state index in [0.717, 1.165) is 18.2 Å². The molecule has 0 aliphatic rings. The van der Waals surface area contributed by atoms with Gasteiger partial charge in [-0.15, -0.1) is 0 Å². The second-order valence-electron chi connectivity index (χ2n) is 4.88. The van der Waals surface area contributed by atoms with Crippen LogP contribution in [0.5, 0.6) is 0 Å². The average Bonchev–Trinajstić information content (AvgIpc) is 2.59. The summed E-state index contributed by atoms with van der Waals surface area (Å²) in [6.45, 7) is 10.5. The number of esters is 3. The van der Waals surface area contributed by atoms with Gasteiger partial charge in [0.2, 0.25) is 0 Å². The predicted molar refractivity (Wildman–Crippen MR) is 82.2 cm³/mol. The number of carbonyl (C=O) groups excluding carboxylic acids is 3. The number of carbonyl (C=O) groups is 3. The minimum atomic E-state index is -1.12. The monoisotopic (exact) mass is 326 g/mol. The van der Waals surface area contributed by atoms with Crippen LogP contribution >= 0.6 is 0 Å². The topological polar surface area (TPSA) is 99.1 Å². The molecule has 0 amide bonds. The zero-order valence-electron chi connectivity index (χ0n) is 13.2. The van der Waals surface area contributed by atoms with E-state index >= 15 is 0 Å². The maximum absolute atomic E-state index is 11.3. The van der Waals surface area contributed by atoms with Crippen LogP contribution in [0, 0.1) is 11.3 Å². The molecule has 1 N–H and O–H groups in total. The average molecular weight is 326 g/mol. The molecule has 0 heterocycles. The van der Waals surface area contributed by atoms with Crippen molar-refractivity contribution in [3.05, 3.63) is 38.0 Å². The minimum Gasteiger partial charge on any atom is -0.462 e. The van der Waals surface area contributed by atoms with Crippen molar-refractivity contribution < 1.29 is 33.7 Å². The minimum absolute atomic E-state index is 0.242. The van der Waals surface area contributed by atoms with Crippen molar-refractivity contribution in [1.29, 1.82) is 0 Å². The Hall–Kier alpha value is -2.41. The summed E-state index contributed by atoms with van der Waals surface area (Å²) < 4.78 is 15.0. The molecule has 23 heavy (non-hydrogen) atoms. The summed E-state index contributed by atoms with van der Waals surface area (Å²) in [5.74, 6) is -2.57. The second kappa shape index (κ2) is 10.3. The highest BCUT2D eigenvalue weighted by molar-refractivity contribution is 5.82. The first kappa shape index (κ1) is 20.6. The van der Waals surface area contributed by atoms with Gasteiger partial charge in [0.05, 0.1) is 5.41 Å². The Morgan fingerprint density at radius 1 is 0.913 bits per heavy atom. The largest absolute Gasteiger partial charge is 0.462 e. The van der Waals surface area contributed by atoms with E-state index in [0.29, 0.717) is 0 Å². The predicted octanol–water partition coefficient (Wildman–Crippen LogP) is 0.789. The molecule has 0 fully saturated rings. The van der Waals surface area contributed by atoms with Crippen molar-refractivity contribution in [2.45, 2.75) is 6.92 Å². The highest BCUT2D eigenvalue weighted by Crippen LogP contribution is 2.30. The molecule has 7 heteroatoms.